The van der Waals surface area contributed by atoms with Crippen molar-refractivity contribution in [2.45, 2.75) is 38.7 Å². The number of nitrogens with one attached hydrogen (secondary N) is 1. The molecule has 9 heteroatoms. The Labute approximate surface area is 126 Å². The van der Waals surface area contributed by atoms with E-state index >= 15 is 0 Å². The summed E-state index contributed by atoms with van der Waals surface area (Å²) in [4.78, 5) is 25.1. The van der Waals surface area contributed by atoms with Gasteiger partial charge in [0, 0.05) is 6.42 Å². The average molecular weight is 336 g/mol. The third kappa shape index (κ3) is 2.99. The highest BCUT2D eigenvalue weighted by Crippen LogP contribution is 2.42. The molecule has 1 N–H and O–H groups in total. The summed E-state index contributed by atoms with van der Waals surface area (Å²) in [5, 5.41) is -0.638. The third-order valence-electron chi connectivity index (χ3n) is 3.32. The highest BCUT2D eigenvalue weighted by molar-refractivity contribution is 5.82. The van der Waals surface area contributed by atoms with Crippen molar-refractivity contribution in [3.05, 3.63) is 44.4 Å². The number of aromatic amines is 1. The first-order valence-corrected chi connectivity index (χ1v) is 6.89. The zero-order valence-electron chi connectivity index (χ0n) is 12.2. The van der Waals surface area contributed by atoms with Crippen LogP contribution in [0.5, 0.6) is 0 Å². The van der Waals surface area contributed by atoms with E-state index < -0.39 is 51.9 Å². The zero-order chi connectivity index (χ0) is 17.5. The van der Waals surface area contributed by atoms with Gasteiger partial charge in [0.1, 0.15) is 12.0 Å². The Balaban J connectivity index is 0.000000924. The van der Waals surface area contributed by atoms with Crippen molar-refractivity contribution in [2.24, 2.45) is 0 Å². The molecule has 1 aromatic heterocycles. The standard InChI is InChI=1S/C12H7F5N2O2.C2H6/c13-4-1-5-9(6(2-4)12(15,16)17)19(8-3-7(8)14)11(21)18-10(5)20;1-2/h1-2,7-8H,3H2,(H,18,20,21);1-2H3. The number of fused-ring (bicyclic) bond motifs is 1. The van der Waals surface area contributed by atoms with Gasteiger partial charge in [-0.15, -0.1) is 0 Å². The molecule has 1 saturated carbocycles. The van der Waals surface area contributed by atoms with E-state index in [-0.39, 0.29) is 12.5 Å². The fourth-order valence-electron chi connectivity index (χ4n) is 2.31. The first kappa shape index (κ1) is 17.2. The van der Waals surface area contributed by atoms with Crippen LogP contribution in [0, 0.1) is 5.82 Å². The molecule has 2 aromatic rings. The van der Waals surface area contributed by atoms with Crippen LogP contribution in [0.4, 0.5) is 22.0 Å². The normalized spacial score (nSPS) is 20.1. The maximum atomic E-state index is 13.3. The van der Waals surface area contributed by atoms with Gasteiger partial charge in [0.15, 0.2) is 0 Å². The van der Waals surface area contributed by atoms with E-state index in [4.69, 9.17) is 0 Å². The van der Waals surface area contributed by atoms with Crippen LogP contribution in [0.25, 0.3) is 10.9 Å². The van der Waals surface area contributed by atoms with Crippen LogP contribution in [0.3, 0.4) is 0 Å². The Hall–Kier alpha value is -2.19. The number of benzene rings is 1. The summed E-state index contributed by atoms with van der Waals surface area (Å²) >= 11 is 0. The van der Waals surface area contributed by atoms with Gasteiger partial charge in [-0.05, 0) is 12.1 Å². The van der Waals surface area contributed by atoms with E-state index in [0.717, 1.165) is 0 Å². The maximum absolute atomic E-state index is 13.3. The van der Waals surface area contributed by atoms with Gasteiger partial charge in [0.2, 0.25) is 0 Å². The van der Waals surface area contributed by atoms with Crippen molar-refractivity contribution in [3.63, 3.8) is 0 Å². The van der Waals surface area contributed by atoms with Crippen molar-refractivity contribution < 1.29 is 22.0 Å². The second-order valence-corrected chi connectivity index (χ2v) is 4.80. The summed E-state index contributed by atoms with van der Waals surface area (Å²) in [6, 6.07) is -0.300. The van der Waals surface area contributed by atoms with E-state index in [1.165, 1.54) is 0 Å². The quantitative estimate of drug-likeness (QED) is 0.814. The third-order valence-corrected chi connectivity index (χ3v) is 3.32. The summed E-state index contributed by atoms with van der Waals surface area (Å²) in [7, 11) is 0. The minimum atomic E-state index is -4.98. The average Bonchev–Trinajstić information content (AvgIpc) is 3.17. The number of alkyl halides is 4. The Bertz CT molecular complexity index is 853. The first-order chi connectivity index (χ1) is 10.7. The van der Waals surface area contributed by atoms with E-state index in [1.54, 1.807) is 4.98 Å². The number of hydrogen-bond acceptors (Lipinski definition) is 2. The van der Waals surface area contributed by atoms with Crippen LogP contribution >= 0.6 is 0 Å². The predicted octanol–water partition coefficient (Wildman–Crippen LogP) is 3.16. The van der Waals surface area contributed by atoms with Gasteiger partial charge in [0.25, 0.3) is 5.56 Å². The van der Waals surface area contributed by atoms with Crippen molar-refractivity contribution in [1.29, 1.82) is 0 Å². The van der Waals surface area contributed by atoms with Crippen LogP contribution in [0.2, 0.25) is 0 Å². The highest BCUT2D eigenvalue weighted by atomic mass is 19.4. The number of hydrogen-bond donors (Lipinski definition) is 1. The smallest absolute Gasteiger partial charge is 0.287 e. The van der Waals surface area contributed by atoms with Crippen LogP contribution in [0.1, 0.15) is 31.9 Å². The Morgan fingerprint density at radius 3 is 2.26 bits per heavy atom. The Morgan fingerprint density at radius 1 is 1.22 bits per heavy atom. The van der Waals surface area contributed by atoms with Gasteiger partial charge in [0.05, 0.1) is 22.5 Å². The van der Waals surface area contributed by atoms with Crippen molar-refractivity contribution >= 4 is 10.9 Å². The molecular formula is C14H13F5N2O2. The van der Waals surface area contributed by atoms with Crippen LogP contribution in [-0.4, -0.2) is 15.7 Å². The summed E-state index contributed by atoms with van der Waals surface area (Å²) in [5.41, 5.74) is -4.55. The predicted molar refractivity (Wildman–Crippen MR) is 73.7 cm³/mol. The van der Waals surface area contributed by atoms with Crippen molar-refractivity contribution in [1.82, 2.24) is 9.55 Å². The van der Waals surface area contributed by atoms with Gasteiger partial charge in [-0.1, -0.05) is 13.8 Å². The molecule has 1 fully saturated rings. The first-order valence-electron chi connectivity index (χ1n) is 6.89. The molecule has 0 aliphatic heterocycles. The molecule has 23 heavy (non-hydrogen) atoms. The fourth-order valence-corrected chi connectivity index (χ4v) is 2.31. The maximum Gasteiger partial charge on any atom is 0.418 e. The number of halogens is 5. The van der Waals surface area contributed by atoms with Crippen LogP contribution in [0.15, 0.2) is 21.7 Å². The summed E-state index contributed by atoms with van der Waals surface area (Å²) in [6.45, 7) is 4.00. The molecule has 0 radical (unpaired) electrons. The molecule has 0 spiro atoms. The summed E-state index contributed by atoms with van der Waals surface area (Å²) < 4.78 is 66.1. The lowest BCUT2D eigenvalue weighted by molar-refractivity contribution is -0.136. The van der Waals surface area contributed by atoms with E-state index in [2.05, 4.69) is 0 Å². The second-order valence-electron chi connectivity index (χ2n) is 4.80. The summed E-state index contributed by atoms with van der Waals surface area (Å²) in [5.74, 6) is -1.27. The minimum Gasteiger partial charge on any atom is -0.287 e. The molecule has 0 bridgehead atoms. The molecule has 1 aliphatic carbocycles. The van der Waals surface area contributed by atoms with Crippen molar-refractivity contribution in [3.8, 4) is 0 Å². The molecule has 2 atom stereocenters. The number of nitrogens with zero attached hydrogens (tertiary/aromatic N) is 1. The molecule has 126 valence electrons. The van der Waals surface area contributed by atoms with Gasteiger partial charge >= 0.3 is 11.9 Å². The molecule has 0 amide bonds. The molecular weight excluding hydrogens is 323 g/mol. The Kier molecular flexibility index (Phi) is 4.32. The highest BCUT2D eigenvalue weighted by Gasteiger charge is 2.43. The molecule has 1 heterocycles. The fraction of sp³-hybridized carbons (Fsp3) is 0.429. The lowest BCUT2D eigenvalue weighted by Gasteiger charge is -2.15. The second kappa shape index (κ2) is 5.78. The lowest BCUT2D eigenvalue weighted by Crippen LogP contribution is -2.32. The zero-order valence-corrected chi connectivity index (χ0v) is 12.2. The molecule has 2 unspecified atom stereocenters. The van der Waals surface area contributed by atoms with Crippen LogP contribution in [-0.2, 0) is 6.18 Å². The minimum absolute atomic E-state index is 0.129. The number of H-pyrrole nitrogens is 1. The largest absolute Gasteiger partial charge is 0.418 e. The number of rotatable bonds is 1. The molecule has 1 aliphatic rings. The SMILES string of the molecule is CC.O=c1[nH]c(=O)n(C2CC2F)c2c(C(F)(F)F)cc(F)cc12. The van der Waals surface area contributed by atoms with Crippen LogP contribution < -0.4 is 11.2 Å². The Morgan fingerprint density at radius 2 is 1.78 bits per heavy atom. The molecule has 0 saturated heterocycles. The van der Waals surface area contributed by atoms with E-state index in [1.807, 2.05) is 13.8 Å². The molecule has 1 aromatic carbocycles. The topological polar surface area (TPSA) is 54.9 Å². The van der Waals surface area contributed by atoms with Gasteiger partial charge < -0.3 is 0 Å². The molecule has 3 rings (SSSR count). The summed E-state index contributed by atoms with van der Waals surface area (Å²) in [6.07, 6.45) is -6.58. The van der Waals surface area contributed by atoms with Gasteiger partial charge in [-0.3, -0.25) is 14.3 Å². The van der Waals surface area contributed by atoms with Gasteiger partial charge in [-0.25, -0.2) is 13.6 Å². The van der Waals surface area contributed by atoms with Crippen molar-refractivity contribution in [2.75, 3.05) is 0 Å². The monoisotopic (exact) mass is 336 g/mol. The number of aromatic nitrogens is 2. The van der Waals surface area contributed by atoms with E-state index in [0.29, 0.717) is 10.6 Å². The van der Waals surface area contributed by atoms with E-state index in [9.17, 15) is 31.5 Å². The molecule has 4 nitrogen and oxygen atoms in total. The van der Waals surface area contributed by atoms with Gasteiger partial charge in [-0.2, -0.15) is 13.2 Å². The lowest BCUT2D eigenvalue weighted by atomic mass is 10.1.